The lowest BCUT2D eigenvalue weighted by molar-refractivity contribution is 0.0827. The van der Waals surface area contributed by atoms with E-state index >= 15 is 0 Å². The van der Waals surface area contributed by atoms with Gasteiger partial charge in [0.1, 0.15) is 5.75 Å². The van der Waals surface area contributed by atoms with Crippen molar-refractivity contribution >= 4 is 35.8 Å². The molecule has 0 saturated heterocycles. The molecule has 182 valence electrons. The average Bonchev–Trinajstić information content (AvgIpc) is 2.77. The van der Waals surface area contributed by atoms with Crippen molar-refractivity contribution in [3.63, 3.8) is 0 Å². The monoisotopic (exact) mass is 566 g/mol. The number of carbonyl (C=O) groups excluding carboxylic acids is 1. The van der Waals surface area contributed by atoms with Crippen LogP contribution in [0.4, 0.5) is 0 Å². The molecule has 2 N–H and O–H groups in total. The highest BCUT2D eigenvalue weighted by Crippen LogP contribution is 2.19. The summed E-state index contributed by atoms with van der Waals surface area (Å²) in [7, 11) is 3.53. The number of carbonyl (C=O) groups is 1. The van der Waals surface area contributed by atoms with E-state index in [1.54, 1.807) is 19.0 Å². The Labute approximate surface area is 216 Å². The van der Waals surface area contributed by atoms with Crippen molar-refractivity contribution in [1.29, 1.82) is 0 Å². The van der Waals surface area contributed by atoms with E-state index in [-0.39, 0.29) is 29.9 Å². The minimum Gasteiger partial charge on any atom is -0.493 e. The maximum absolute atomic E-state index is 12.2. The van der Waals surface area contributed by atoms with Crippen molar-refractivity contribution in [3.8, 4) is 5.75 Å². The van der Waals surface area contributed by atoms with Crippen LogP contribution in [0.15, 0.2) is 53.5 Å². The van der Waals surface area contributed by atoms with Crippen molar-refractivity contribution in [2.45, 2.75) is 40.2 Å². The number of halogens is 1. The van der Waals surface area contributed by atoms with Gasteiger partial charge in [-0.25, -0.2) is 4.99 Å². The fourth-order valence-electron chi connectivity index (χ4n) is 3.13. The first-order valence-electron chi connectivity index (χ1n) is 11.4. The lowest BCUT2D eigenvalue weighted by atomic mass is 10.1. The zero-order chi connectivity index (χ0) is 23.3. The summed E-state index contributed by atoms with van der Waals surface area (Å²) >= 11 is 0. The molecule has 7 heteroatoms. The van der Waals surface area contributed by atoms with Gasteiger partial charge in [0.25, 0.3) is 5.91 Å². The van der Waals surface area contributed by atoms with E-state index in [0.29, 0.717) is 24.6 Å². The molecule has 33 heavy (non-hydrogen) atoms. The van der Waals surface area contributed by atoms with Gasteiger partial charge in [0.15, 0.2) is 5.96 Å². The molecule has 0 radical (unpaired) electrons. The van der Waals surface area contributed by atoms with Crippen molar-refractivity contribution in [3.05, 3.63) is 65.2 Å². The van der Waals surface area contributed by atoms with Gasteiger partial charge in [0.2, 0.25) is 0 Å². The first kappa shape index (κ1) is 28.7. The number of amides is 1. The Morgan fingerprint density at radius 2 is 1.85 bits per heavy atom. The summed E-state index contributed by atoms with van der Waals surface area (Å²) in [5, 5.41) is 6.69. The number of nitrogens with one attached hydrogen (secondary N) is 2. The standard InChI is InChI=1S/C26H38N4O2.HI/c1-6-27-26(28-16-14-21-10-9-12-22(18-21)25(31)30(4)5)29-19-23-11-7-8-13-24(23)32-17-15-20(2)3;/h7-13,18,20H,6,14-17,19H2,1-5H3,(H2,27,28,29);1H. The van der Waals surface area contributed by atoms with Crippen molar-refractivity contribution < 1.29 is 9.53 Å². The number of hydrogen-bond donors (Lipinski definition) is 2. The number of hydrogen-bond acceptors (Lipinski definition) is 3. The summed E-state index contributed by atoms with van der Waals surface area (Å²) in [5.74, 6) is 2.30. The first-order chi connectivity index (χ1) is 15.4. The molecule has 0 aliphatic rings. The second-order valence-corrected chi connectivity index (χ2v) is 8.41. The minimum absolute atomic E-state index is 0. The van der Waals surface area contributed by atoms with E-state index in [4.69, 9.17) is 9.73 Å². The second kappa shape index (κ2) is 15.5. The van der Waals surface area contributed by atoms with Crippen LogP contribution in [0.25, 0.3) is 0 Å². The molecule has 0 unspecified atom stereocenters. The van der Waals surface area contributed by atoms with Crippen LogP contribution in [0.3, 0.4) is 0 Å². The van der Waals surface area contributed by atoms with Crippen LogP contribution in [0.2, 0.25) is 0 Å². The quantitative estimate of drug-likeness (QED) is 0.235. The average molecular weight is 567 g/mol. The number of rotatable bonds is 11. The van der Waals surface area contributed by atoms with E-state index in [1.807, 2.05) is 42.5 Å². The SMILES string of the molecule is CCNC(=NCc1ccccc1OCCC(C)C)NCCc1cccc(C(=O)N(C)C)c1.I. The summed E-state index contributed by atoms with van der Waals surface area (Å²) in [6.07, 6.45) is 1.83. The zero-order valence-electron chi connectivity index (χ0n) is 20.6. The molecule has 0 aliphatic carbocycles. The maximum atomic E-state index is 12.2. The predicted octanol–water partition coefficient (Wildman–Crippen LogP) is 4.73. The van der Waals surface area contributed by atoms with Crippen molar-refractivity contribution in [2.24, 2.45) is 10.9 Å². The van der Waals surface area contributed by atoms with Crippen molar-refractivity contribution in [2.75, 3.05) is 33.8 Å². The van der Waals surface area contributed by atoms with E-state index in [2.05, 4.69) is 37.5 Å². The Kier molecular flexibility index (Phi) is 13.5. The number of aliphatic imine (C=N–C) groups is 1. The summed E-state index contributed by atoms with van der Waals surface area (Å²) < 4.78 is 5.99. The number of para-hydroxylation sites is 1. The van der Waals surface area contributed by atoms with Crippen LogP contribution in [0.1, 0.15) is 48.7 Å². The fourth-order valence-corrected chi connectivity index (χ4v) is 3.13. The van der Waals surface area contributed by atoms with Gasteiger partial charge in [-0.2, -0.15) is 0 Å². The molecular formula is C26H39IN4O2. The van der Waals surface area contributed by atoms with E-state index < -0.39 is 0 Å². The Balaban J connectivity index is 0.00000544. The molecule has 0 bridgehead atoms. The van der Waals surface area contributed by atoms with Gasteiger partial charge in [-0.15, -0.1) is 24.0 Å². The molecular weight excluding hydrogens is 527 g/mol. The molecule has 0 aliphatic heterocycles. The Bertz CT molecular complexity index is 884. The highest BCUT2D eigenvalue weighted by Gasteiger charge is 2.08. The van der Waals surface area contributed by atoms with Crippen LogP contribution in [0, 0.1) is 5.92 Å². The predicted molar refractivity (Wildman–Crippen MR) is 148 cm³/mol. The Morgan fingerprint density at radius 3 is 2.55 bits per heavy atom. The number of benzene rings is 2. The highest BCUT2D eigenvalue weighted by atomic mass is 127. The molecule has 6 nitrogen and oxygen atoms in total. The third-order valence-corrected chi connectivity index (χ3v) is 4.96. The summed E-state index contributed by atoms with van der Waals surface area (Å²) in [5.41, 5.74) is 2.90. The molecule has 2 aromatic carbocycles. The highest BCUT2D eigenvalue weighted by molar-refractivity contribution is 14.0. The Hall–Kier alpha value is -2.29. The molecule has 0 saturated carbocycles. The third-order valence-electron chi connectivity index (χ3n) is 4.96. The normalized spacial score (nSPS) is 11.0. The van der Waals surface area contributed by atoms with E-state index in [0.717, 1.165) is 48.8 Å². The van der Waals surface area contributed by atoms with Gasteiger partial charge in [0.05, 0.1) is 13.2 Å². The maximum Gasteiger partial charge on any atom is 0.253 e. The number of nitrogens with zero attached hydrogens (tertiary/aromatic N) is 2. The topological polar surface area (TPSA) is 66.0 Å². The van der Waals surface area contributed by atoms with Crippen LogP contribution in [-0.4, -0.2) is 50.6 Å². The zero-order valence-corrected chi connectivity index (χ0v) is 22.9. The molecule has 2 aromatic rings. The molecule has 1 amide bonds. The second-order valence-electron chi connectivity index (χ2n) is 8.41. The molecule has 0 heterocycles. The summed E-state index contributed by atoms with van der Waals surface area (Å²) in [6, 6.07) is 15.9. The lowest BCUT2D eigenvalue weighted by Crippen LogP contribution is -2.38. The third kappa shape index (κ3) is 10.5. The number of ether oxygens (including phenoxy) is 1. The van der Waals surface area contributed by atoms with E-state index in [9.17, 15) is 4.79 Å². The lowest BCUT2D eigenvalue weighted by Gasteiger charge is -2.14. The molecule has 0 fully saturated rings. The summed E-state index contributed by atoms with van der Waals surface area (Å²) in [6.45, 7) is 9.21. The number of guanidine groups is 1. The first-order valence-corrected chi connectivity index (χ1v) is 11.4. The summed E-state index contributed by atoms with van der Waals surface area (Å²) in [4.78, 5) is 18.5. The van der Waals surface area contributed by atoms with Gasteiger partial charge < -0.3 is 20.3 Å². The van der Waals surface area contributed by atoms with Crippen LogP contribution < -0.4 is 15.4 Å². The van der Waals surface area contributed by atoms with Gasteiger partial charge in [-0.1, -0.05) is 44.2 Å². The van der Waals surface area contributed by atoms with Gasteiger partial charge >= 0.3 is 0 Å². The Morgan fingerprint density at radius 1 is 1.09 bits per heavy atom. The van der Waals surface area contributed by atoms with E-state index in [1.165, 1.54) is 0 Å². The molecule has 0 atom stereocenters. The molecule has 0 aromatic heterocycles. The molecule has 0 spiro atoms. The minimum atomic E-state index is 0. The largest absolute Gasteiger partial charge is 0.493 e. The van der Waals surface area contributed by atoms with Gasteiger partial charge in [-0.3, -0.25) is 4.79 Å². The fraction of sp³-hybridized carbons (Fsp3) is 0.462. The van der Waals surface area contributed by atoms with Crippen molar-refractivity contribution in [1.82, 2.24) is 15.5 Å². The van der Waals surface area contributed by atoms with Crippen LogP contribution >= 0.6 is 24.0 Å². The molecule has 2 rings (SSSR count). The smallest absolute Gasteiger partial charge is 0.253 e. The van der Waals surface area contributed by atoms with Crippen LogP contribution in [-0.2, 0) is 13.0 Å². The van der Waals surface area contributed by atoms with Gasteiger partial charge in [-0.05, 0) is 49.4 Å². The van der Waals surface area contributed by atoms with Crippen LogP contribution in [0.5, 0.6) is 5.75 Å². The van der Waals surface area contributed by atoms with Gasteiger partial charge in [0, 0.05) is 38.3 Å².